The Morgan fingerprint density at radius 3 is 2.18 bits per heavy atom. The van der Waals surface area contributed by atoms with Crippen LogP contribution in [0.15, 0.2) is 152 Å². The Morgan fingerprint density at radius 1 is 0.789 bits per heavy atom. The van der Waals surface area contributed by atoms with Gasteiger partial charge in [-0.15, -0.1) is 0 Å². The lowest BCUT2D eigenvalue weighted by Gasteiger charge is -2.38. The largest absolute Gasteiger partial charge is 0.337 e. The highest BCUT2D eigenvalue weighted by Crippen LogP contribution is 2.61. The summed E-state index contributed by atoms with van der Waals surface area (Å²) in [5.41, 5.74) is 12.2. The van der Waals surface area contributed by atoms with E-state index in [4.69, 9.17) is 0 Å². The molecule has 0 spiro atoms. The first kappa shape index (κ1) is 22.4. The highest BCUT2D eigenvalue weighted by atomic mass is 15.2. The fraction of sp³-hybridized carbons (Fsp3) is 0.0857. The molecule has 0 fully saturated rings. The molecule has 0 saturated heterocycles. The van der Waals surface area contributed by atoms with Crippen molar-refractivity contribution in [3.63, 3.8) is 0 Å². The minimum atomic E-state index is 0.107. The Bertz CT molecular complexity index is 1620. The summed E-state index contributed by atoms with van der Waals surface area (Å²) in [5.74, 6) is 0.107. The normalized spacial score (nSPS) is 21.0. The molecule has 3 heteroatoms. The molecule has 1 unspecified atom stereocenters. The van der Waals surface area contributed by atoms with Crippen molar-refractivity contribution in [2.75, 3.05) is 21.2 Å². The van der Waals surface area contributed by atoms with Crippen LogP contribution in [0.4, 0.5) is 28.4 Å². The fourth-order valence-corrected chi connectivity index (χ4v) is 6.29. The van der Waals surface area contributed by atoms with Crippen LogP contribution < -0.4 is 14.7 Å². The van der Waals surface area contributed by atoms with Gasteiger partial charge in [0.05, 0.1) is 17.3 Å². The Morgan fingerprint density at radius 2 is 1.50 bits per heavy atom. The maximum Gasteiger partial charge on any atom is 0.0579 e. The number of allylic oxidation sites excluding steroid dienone is 9. The van der Waals surface area contributed by atoms with Crippen LogP contribution in [0.25, 0.3) is 0 Å². The average molecular weight is 492 g/mol. The molecule has 0 radical (unpaired) electrons. The lowest BCUT2D eigenvalue weighted by molar-refractivity contribution is 0.898. The minimum absolute atomic E-state index is 0.107. The molecule has 0 bridgehead atoms. The van der Waals surface area contributed by atoms with Gasteiger partial charge in [-0.25, -0.2) is 0 Å². The zero-order chi connectivity index (χ0) is 25.6. The van der Waals surface area contributed by atoms with Gasteiger partial charge in [-0.1, -0.05) is 79.9 Å². The van der Waals surface area contributed by atoms with Crippen LogP contribution in [0.1, 0.15) is 23.5 Å². The third-order valence-electron chi connectivity index (χ3n) is 7.77. The summed E-state index contributed by atoms with van der Waals surface area (Å²) in [4.78, 5) is 7.24. The first-order valence-electron chi connectivity index (χ1n) is 13.2. The third-order valence-corrected chi connectivity index (χ3v) is 7.77. The number of nitrogens with zero attached hydrogens (tertiary/aromatic N) is 3. The van der Waals surface area contributed by atoms with E-state index in [1.165, 1.54) is 45.3 Å². The molecule has 3 aliphatic heterocycles. The number of para-hydroxylation sites is 1. The molecule has 0 N–H and O–H groups in total. The van der Waals surface area contributed by atoms with Crippen molar-refractivity contribution in [1.82, 2.24) is 0 Å². The molecule has 4 aliphatic rings. The van der Waals surface area contributed by atoms with Crippen LogP contribution in [-0.4, -0.2) is 6.54 Å². The topological polar surface area (TPSA) is 9.72 Å². The highest BCUT2D eigenvalue weighted by molar-refractivity contribution is 5.93. The molecule has 0 aromatic heterocycles. The van der Waals surface area contributed by atoms with Gasteiger partial charge >= 0.3 is 0 Å². The molecule has 38 heavy (non-hydrogen) atoms. The summed E-state index contributed by atoms with van der Waals surface area (Å²) in [6, 6.07) is 24.0. The van der Waals surface area contributed by atoms with Crippen molar-refractivity contribution in [2.45, 2.75) is 12.3 Å². The maximum absolute atomic E-state index is 4.51. The zero-order valence-electron chi connectivity index (χ0n) is 21.3. The molecule has 3 nitrogen and oxygen atoms in total. The molecule has 3 heterocycles. The monoisotopic (exact) mass is 491 g/mol. The molecule has 3 aromatic carbocycles. The first-order chi connectivity index (χ1) is 18.8. The molecule has 0 saturated carbocycles. The Kier molecular flexibility index (Phi) is 5.29. The summed E-state index contributed by atoms with van der Waals surface area (Å²) in [5, 5.41) is 0. The minimum Gasteiger partial charge on any atom is -0.337 e. The van der Waals surface area contributed by atoms with Crippen molar-refractivity contribution >= 4 is 28.4 Å². The Labute approximate surface area is 224 Å². The van der Waals surface area contributed by atoms with Gasteiger partial charge in [0.25, 0.3) is 0 Å². The molecule has 3 aromatic rings. The molecule has 0 amide bonds. The molecule has 1 atom stereocenters. The summed E-state index contributed by atoms with van der Waals surface area (Å²) in [6.07, 6.45) is 20.2. The standard InChI is InChI=1S/C35H29N3/c1-3-4-10-24-36-28-19-12-22-30-33(28)35-32(21-11-14-25(2)37(30)26-15-6-5-7-16-26)38(27-17-8-9-18-27)31-23-13-20-29(36)34(31)35/h3-17,19-23,35H,1-2,18,24H2/b10-4-,14-11-,32-21+. The highest BCUT2D eigenvalue weighted by Gasteiger charge is 2.45. The summed E-state index contributed by atoms with van der Waals surface area (Å²) in [7, 11) is 0. The van der Waals surface area contributed by atoms with Gasteiger partial charge in [0.15, 0.2) is 0 Å². The summed E-state index contributed by atoms with van der Waals surface area (Å²) >= 11 is 0. The van der Waals surface area contributed by atoms with Gasteiger partial charge in [0.1, 0.15) is 0 Å². The van der Waals surface area contributed by atoms with Gasteiger partial charge in [0, 0.05) is 58.2 Å². The summed E-state index contributed by atoms with van der Waals surface area (Å²) in [6.45, 7) is 9.16. The van der Waals surface area contributed by atoms with E-state index in [0.717, 1.165) is 24.4 Å². The van der Waals surface area contributed by atoms with Gasteiger partial charge in [-0.2, -0.15) is 0 Å². The van der Waals surface area contributed by atoms with E-state index >= 15 is 0 Å². The number of rotatable bonds is 5. The van der Waals surface area contributed by atoms with Gasteiger partial charge in [-0.3, -0.25) is 0 Å². The lowest BCUT2D eigenvalue weighted by Crippen LogP contribution is -2.27. The van der Waals surface area contributed by atoms with Crippen LogP contribution in [0.3, 0.4) is 0 Å². The average Bonchev–Trinajstić information content (AvgIpc) is 3.59. The van der Waals surface area contributed by atoms with Crippen molar-refractivity contribution in [3.05, 3.63) is 163 Å². The predicted octanol–water partition coefficient (Wildman–Crippen LogP) is 8.78. The van der Waals surface area contributed by atoms with Gasteiger partial charge < -0.3 is 14.7 Å². The molecule has 1 aliphatic carbocycles. The fourth-order valence-electron chi connectivity index (χ4n) is 6.29. The third kappa shape index (κ3) is 3.29. The SMILES string of the molecule is C=C/C=C\CN1c2cccc3c2C2/C(=C\C=C/C(=C)N(c4ccccc4)c4cccc1c42)N3C1=CC=CC1. The second-order valence-corrected chi connectivity index (χ2v) is 9.87. The number of hydrogen-bond donors (Lipinski definition) is 0. The molecular weight excluding hydrogens is 462 g/mol. The van der Waals surface area contributed by atoms with Gasteiger partial charge in [-0.05, 0) is 54.6 Å². The van der Waals surface area contributed by atoms with Gasteiger partial charge in [0.2, 0.25) is 0 Å². The van der Waals surface area contributed by atoms with Crippen molar-refractivity contribution in [3.8, 4) is 0 Å². The predicted molar refractivity (Wildman–Crippen MR) is 160 cm³/mol. The van der Waals surface area contributed by atoms with E-state index in [-0.39, 0.29) is 5.92 Å². The zero-order valence-corrected chi connectivity index (χ0v) is 21.3. The van der Waals surface area contributed by atoms with E-state index in [2.05, 4.69) is 137 Å². The maximum atomic E-state index is 4.51. The van der Waals surface area contributed by atoms with E-state index in [1.807, 2.05) is 12.2 Å². The number of anilines is 5. The molecule has 184 valence electrons. The van der Waals surface area contributed by atoms with Crippen molar-refractivity contribution in [2.24, 2.45) is 0 Å². The van der Waals surface area contributed by atoms with E-state index in [0.29, 0.717) is 0 Å². The number of hydrogen-bond acceptors (Lipinski definition) is 3. The van der Waals surface area contributed by atoms with Crippen molar-refractivity contribution in [1.29, 1.82) is 0 Å². The second-order valence-electron chi connectivity index (χ2n) is 9.87. The van der Waals surface area contributed by atoms with Crippen molar-refractivity contribution < 1.29 is 0 Å². The van der Waals surface area contributed by atoms with Crippen LogP contribution in [-0.2, 0) is 0 Å². The smallest absolute Gasteiger partial charge is 0.0579 e. The first-order valence-corrected chi connectivity index (χ1v) is 13.2. The van der Waals surface area contributed by atoms with E-state index in [1.54, 1.807) is 0 Å². The second kappa shape index (κ2) is 8.97. The quantitative estimate of drug-likeness (QED) is 0.330. The van der Waals surface area contributed by atoms with Crippen LogP contribution in [0.2, 0.25) is 0 Å². The van der Waals surface area contributed by atoms with E-state index < -0.39 is 0 Å². The van der Waals surface area contributed by atoms with Crippen LogP contribution in [0.5, 0.6) is 0 Å². The number of benzene rings is 3. The van der Waals surface area contributed by atoms with Crippen LogP contribution in [0, 0.1) is 0 Å². The molecule has 7 rings (SSSR count). The Hall–Kier alpha value is -4.76. The molecular formula is C35H29N3. The van der Waals surface area contributed by atoms with E-state index in [9.17, 15) is 0 Å². The summed E-state index contributed by atoms with van der Waals surface area (Å²) < 4.78 is 0. The van der Waals surface area contributed by atoms with Crippen LogP contribution >= 0.6 is 0 Å². The lowest BCUT2D eigenvalue weighted by atomic mass is 9.83. The Balaban J connectivity index is 1.54.